The van der Waals surface area contributed by atoms with Crippen LogP contribution in [0.2, 0.25) is 0 Å². The van der Waals surface area contributed by atoms with Crippen molar-refractivity contribution in [3.8, 4) is 5.75 Å². The molecule has 0 unspecified atom stereocenters. The molecule has 2 aromatic carbocycles. The van der Waals surface area contributed by atoms with E-state index in [1.165, 1.54) is 5.56 Å². The Morgan fingerprint density at radius 3 is 2.43 bits per heavy atom. The summed E-state index contributed by atoms with van der Waals surface area (Å²) in [6.07, 6.45) is 2.55. The van der Waals surface area contributed by atoms with Crippen LogP contribution in [0, 0.1) is 6.92 Å². The van der Waals surface area contributed by atoms with Gasteiger partial charge in [0.15, 0.2) is 0 Å². The Kier molecular flexibility index (Phi) is 9.92. The quantitative estimate of drug-likeness (QED) is 0.535. The Morgan fingerprint density at radius 1 is 1.07 bits per heavy atom. The maximum atomic E-state index is 12.9. The predicted octanol–water partition coefficient (Wildman–Crippen LogP) is 4.14. The molecule has 162 valence electrons. The minimum atomic E-state index is -0.495. The van der Waals surface area contributed by atoms with Crippen molar-refractivity contribution in [1.82, 2.24) is 10.2 Å². The topological polar surface area (TPSA) is 58.6 Å². The lowest BCUT2D eigenvalue weighted by Gasteiger charge is -2.29. The first-order chi connectivity index (χ1) is 14.5. The number of hydrogen-bond donors (Lipinski definition) is 1. The summed E-state index contributed by atoms with van der Waals surface area (Å²) >= 11 is 0. The first-order valence-corrected chi connectivity index (χ1v) is 10.8. The molecular formula is C25H34N2O3. The summed E-state index contributed by atoms with van der Waals surface area (Å²) in [6.45, 7) is 7.45. The van der Waals surface area contributed by atoms with E-state index in [1.807, 2.05) is 68.4 Å². The van der Waals surface area contributed by atoms with Crippen molar-refractivity contribution in [2.45, 2.75) is 52.5 Å². The van der Waals surface area contributed by atoms with Gasteiger partial charge in [0.2, 0.25) is 11.8 Å². The summed E-state index contributed by atoms with van der Waals surface area (Å²) < 4.78 is 5.73. The molecule has 0 fully saturated rings. The Balaban J connectivity index is 1.90. The fourth-order valence-electron chi connectivity index (χ4n) is 3.16. The molecule has 0 heterocycles. The Bertz CT molecular complexity index is 775. The third kappa shape index (κ3) is 7.90. The highest BCUT2D eigenvalue weighted by Gasteiger charge is 2.25. The molecule has 0 bridgehead atoms. The Labute approximate surface area is 180 Å². The van der Waals surface area contributed by atoms with Gasteiger partial charge in [-0.15, -0.1) is 0 Å². The van der Waals surface area contributed by atoms with Crippen LogP contribution in [0.1, 0.15) is 44.2 Å². The summed E-state index contributed by atoms with van der Waals surface area (Å²) in [6, 6.07) is 17.4. The van der Waals surface area contributed by atoms with Gasteiger partial charge in [-0.25, -0.2) is 0 Å². The van der Waals surface area contributed by atoms with E-state index in [1.54, 1.807) is 11.8 Å². The fraction of sp³-hybridized carbons (Fsp3) is 0.440. The molecule has 0 aromatic heterocycles. The normalized spacial score (nSPS) is 11.6. The molecule has 2 aromatic rings. The van der Waals surface area contributed by atoms with Crippen molar-refractivity contribution in [1.29, 1.82) is 0 Å². The maximum absolute atomic E-state index is 12.9. The van der Waals surface area contributed by atoms with E-state index in [-0.39, 0.29) is 11.8 Å². The van der Waals surface area contributed by atoms with Crippen LogP contribution in [0.25, 0.3) is 0 Å². The number of nitrogens with one attached hydrogen (secondary N) is 1. The number of aryl methyl sites for hydroxylation is 1. The van der Waals surface area contributed by atoms with E-state index in [2.05, 4.69) is 5.32 Å². The number of hydrogen-bond acceptors (Lipinski definition) is 3. The number of carbonyl (C=O) groups is 2. The molecule has 5 nitrogen and oxygen atoms in total. The highest BCUT2D eigenvalue weighted by atomic mass is 16.5. The van der Waals surface area contributed by atoms with Crippen LogP contribution >= 0.6 is 0 Å². The average molecular weight is 411 g/mol. The van der Waals surface area contributed by atoms with Crippen molar-refractivity contribution in [3.05, 3.63) is 65.7 Å². The lowest BCUT2D eigenvalue weighted by Crippen LogP contribution is -2.49. The molecule has 0 spiro atoms. The summed E-state index contributed by atoms with van der Waals surface area (Å²) in [5, 5.41) is 2.90. The average Bonchev–Trinajstić information content (AvgIpc) is 2.77. The molecular weight excluding hydrogens is 376 g/mol. The summed E-state index contributed by atoms with van der Waals surface area (Å²) in [7, 11) is 0. The van der Waals surface area contributed by atoms with E-state index in [0.29, 0.717) is 32.5 Å². The number of rotatable bonds is 12. The second-order valence-electron chi connectivity index (χ2n) is 7.55. The molecule has 0 saturated carbocycles. The van der Waals surface area contributed by atoms with Crippen LogP contribution in [0.15, 0.2) is 54.6 Å². The zero-order chi connectivity index (χ0) is 21.8. The van der Waals surface area contributed by atoms with Crippen LogP contribution in [0.4, 0.5) is 0 Å². The number of benzene rings is 2. The van der Waals surface area contributed by atoms with Crippen molar-refractivity contribution in [3.63, 3.8) is 0 Å². The molecule has 1 N–H and O–H groups in total. The van der Waals surface area contributed by atoms with E-state index in [9.17, 15) is 9.59 Å². The molecule has 5 heteroatoms. The first kappa shape index (κ1) is 23.5. The van der Waals surface area contributed by atoms with Crippen LogP contribution in [0.3, 0.4) is 0 Å². The smallest absolute Gasteiger partial charge is 0.242 e. The minimum Gasteiger partial charge on any atom is -0.494 e. The van der Waals surface area contributed by atoms with E-state index < -0.39 is 6.04 Å². The van der Waals surface area contributed by atoms with Gasteiger partial charge in [0, 0.05) is 19.5 Å². The molecule has 1 atom stereocenters. The third-order valence-corrected chi connectivity index (χ3v) is 5.03. The molecule has 2 amide bonds. The highest BCUT2D eigenvalue weighted by molar-refractivity contribution is 5.87. The lowest BCUT2D eigenvalue weighted by atomic mass is 10.1. The molecule has 0 aliphatic rings. The minimum absolute atomic E-state index is 0.0161. The second-order valence-corrected chi connectivity index (χ2v) is 7.55. The van der Waals surface area contributed by atoms with Crippen LogP contribution in [-0.4, -0.2) is 42.5 Å². The first-order valence-electron chi connectivity index (χ1n) is 10.8. The summed E-state index contributed by atoms with van der Waals surface area (Å²) in [5.74, 6) is 0.688. The zero-order valence-corrected chi connectivity index (χ0v) is 18.4. The fourth-order valence-corrected chi connectivity index (χ4v) is 3.16. The van der Waals surface area contributed by atoms with Gasteiger partial charge in [-0.1, -0.05) is 55.0 Å². The molecule has 0 aliphatic carbocycles. The van der Waals surface area contributed by atoms with Gasteiger partial charge in [-0.05, 0) is 50.8 Å². The Hall–Kier alpha value is -2.82. The van der Waals surface area contributed by atoms with Crippen LogP contribution in [0.5, 0.6) is 5.75 Å². The van der Waals surface area contributed by atoms with Gasteiger partial charge in [-0.3, -0.25) is 9.59 Å². The van der Waals surface area contributed by atoms with Gasteiger partial charge >= 0.3 is 0 Å². The van der Waals surface area contributed by atoms with Gasteiger partial charge in [0.05, 0.1) is 6.61 Å². The Morgan fingerprint density at radius 2 is 1.77 bits per heavy atom. The zero-order valence-electron chi connectivity index (χ0n) is 18.4. The van der Waals surface area contributed by atoms with Crippen LogP contribution in [-0.2, 0) is 16.0 Å². The molecule has 2 rings (SSSR count). The SMILES string of the molecule is CCCNC(=O)[C@H](C)N(CCc1ccccc1)C(=O)CCCOc1ccc(C)cc1. The lowest BCUT2D eigenvalue weighted by molar-refractivity contribution is -0.140. The third-order valence-electron chi connectivity index (χ3n) is 5.03. The monoisotopic (exact) mass is 410 g/mol. The van der Waals surface area contributed by atoms with Gasteiger partial charge in [0.25, 0.3) is 0 Å². The standard InChI is InChI=1S/C25H34N2O3/c1-4-17-26-25(29)21(3)27(18-16-22-9-6-5-7-10-22)24(28)11-8-19-30-23-14-12-20(2)13-15-23/h5-7,9-10,12-15,21H,4,8,11,16-19H2,1-3H3,(H,26,29)/t21-/m0/s1. The largest absolute Gasteiger partial charge is 0.494 e. The van der Waals surface area contributed by atoms with E-state index in [4.69, 9.17) is 4.74 Å². The van der Waals surface area contributed by atoms with Crippen molar-refractivity contribution in [2.24, 2.45) is 0 Å². The van der Waals surface area contributed by atoms with Gasteiger partial charge in [-0.2, -0.15) is 0 Å². The number of ether oxygens (including phenoxy) is 1. The van der Waals surface area contributed by atoms with Crippen molar-refractivity contribution < 1.29 is 14.3 Å². The highest BCUT2D eigenvalue weighted by Crippen LogP contribution is 2.13. The number of carbonyl (C=O) groups excluding carboxylic acids is 2. The molecule has 0 saturated heterocycles. The number of nitrogens with zero attached hydrogens (tertiary/aromatic N) is 1. The molecule has 0 radical (unpaired) electrons. The van der Waals surface area contributed by atoms with Gasteiger partial charge in [0.1, 0.15) is 11.8 Å². The summed E-state index contributed by atoms with van der Waals surface area (Å²) in [4.78, 5) is 27.1. The van der Waals surface area contributed by atoms with E-state index in [0.717, 1.165) is 24.2 Å². The molecule has 0 aliphatic heterocycles. The second kappa shape index (κ2) is 12.7. The van der Waals surface area contributed by atoms with Crippen LogP contribution < -0.4 is 10.1 Å². The predicted molar refractivity (Wildman–Crippen MR) is 121 cm³/mol. The molecule has 30 heavy (non-hydrogen) atoms. The maximum Gasteiger partial charge on any atom is 0.242 e. The summed E-state index contributed by atoms with van der Waals surface area (Å²) in [5.41, 5.74) is 2.33. The number of amides is 2. The van der Waals surface area contributed by atoms with Crippen molar-refractivity contribution in [2.75, 3.05) is 19.7 Å². The van der Waals surface area contributed by atoms with Crippen molar-refractivity contribution >= 4 is 11.8 Å². The van der Waals surface area contributed by atoms with E-state index >= 15 is 0 Å². The van der Waals surface area contributed by atoms with Gasteiger partial charge < -0.3 is 15.0 Å².